The van der Waals surface area contributed by atoms with Gasteiger partial charge in [-0.2, -0.15) is 0 Å². The van der Waals surface area contributed by atoms with E-state index < -0.39 is 11.4 Å². The van der Waals surface area contributed by atoms with Gasteiger partial charge >= 0.3 is 0 Å². The van der Waals surface area contributed by atoms with E-state index in [1.807, 2.05) is 13.0 Å². The van der Waals surface area contributed by atoms with Crippen molar-refractivity contribution in [2.75, 3.05) is 0 Å². The van der Waals surface area contributed by atoms with Crippen molar-refractivity contribution in [1.82, 2.24) is 10.3 Å². The quantitative estimate of drug-likeness (QED) is 0.789. The Bertz CT molecular complexity index is 467. The fraction of sp³-hybridized carbons (Fsp3) is 0.417. The molecule has 0 spiro atoms. The second-order valence-electron chi connectivity index (χ2n) is 4.30. The molecule has 1 aromatic rings. The van der Waals surface area contributed by atoms with Crippen molar-refractivity contribution in [3.63, 3.8) is 0 Å². The molecule has 17 heavy (non-hydrogen) atoms. The van der Waals surface area contributed by atoms with E-state index >= 15 is 0 Å². The van der Waals surface area contributed by atoms with Gasteiger partial charge in [-0.15, -0.1) is 0 Å². The number of amides is 2. The number of rotatable bonds is 4. The van der Waals surface area contributed by atoms with E-state index in [0.717, 1.165) is 12.0 Å². The molecule has 1 aromatic heterocycles. The predicted molar refractivity (Wildman–Crippen MR) is 62.2 cm³/mol. The first-order valence-corrected chi connectivity index (χ1v) is 5.65. The topological polar surface area (TPSA) is 85.1 Å². The highest BCUT2D eigenvalue weighted by Crippen LogP contribution is 2.35. The normalized spacial score (nSPS) is 16.3. The first-order valence-electron chi connectivity index (χ1n) is 5.65. The summed E-state index contributed by atoms with van der Waals surface area (Å²) in [6, 6.07) is 3.59. The average Bonchev–Trinajstić information content (AvgIpc) is 3.10. The Hall–Kier alpha value is -1.91. The number of pyridine rings is 1. The molecule has 2 rings (SSSR count). The summed E-state index contributed by atoms with van der Waals surface area (Å²) in [5, 5.41) is 2.66. The van der Waals surface area contributed by atoms with Gasteiger partial charge in [0, 0.05) is 6.20 Å². The molecule has 2 amide bonds. The van der Waals surface area contributed by atoms with E-state index in [9.17, 15) is 9.59 Å². The van der Waals surface area contributed by atoms with Gasteiger partial charge in [0.2, 0.25) is 5.91 Å². The molecule has 0 unspecified atom stereocenters. The highest BCUT2D eigenvalue weighted by Gasteiger charge is 2.50. The van der Waals surface area contributed by atoms with Gasteiger partial charge in [-0.25, -0.2) is 0 Å². The Kier molecular flexibility index (Phi) is 2.83. The summed E-state index contributed by atoms with van der Waals surface area (Å²) in [5.74, 6) is -0.811. The highest BCUT2D eigenvalue weighted by molar-refractivity contribution is 5.99. The molecule has 0 saturated heterocycles. The average molecular weight is 233 g/mol. The number of hydrogen-bond donors (Lipinski definition) is 2. The van der Waals surface area contributed by atoms with Crippen LogP contribution in [0.25, 0.3) is 0 Å². The van der Waals surface area contributed by atoms with E-state index in [0.29, 0.717) is 18.5 Å². The highest BCUT2D eigenvalue weighted by atomic mass is 16.2. The Morgan fingerprint density at radius 1 is 1.53 bits per heavy atom. The van der Waals surface area contributed by atoms with Gasteiger partial charge in [0.25, 0.3) is 5.91 Å². The Labute approximate surface area is 99.4 Å². The summed E-state index contributed by atoms with van der Waals surface area (Å²) >= 11 is 0. The Balaban J connectivity index is 2.12. The lowest BCUT2D eigenvalue weighted by Crippen LogP contribution is -2.46. The van der Waals surface area contributed by atoms with Crippen LogP contribution in [-0.4, -0.2) is 22.3 Å². The molecule has 1 saturated carbocycles. The molecule has 1 aliphatic rings. The third-order valence-electron chi connectivity index (χ3n) is 3.04. The van der Waals surface area contributed by atoms with Crippen LogP contribution in [0.5, 0.6) is 0 Å². The van der Waals surface area contributed by atoms with E-state index in [-0.39, 0.29) is 5.91 Å². The summed E-state index contributed by atoms with van der Waals surface area (Å²) in [5.41, 5.74) is 5.78. The van der Waals surface area contributed by atoms with Crippen molar-refractivity contribution in [1.29, 1.82) is 0 Å². The van der Waals surface area contributed by atoms with E-state index in [4.69, 9.17) is 5.73 Å². The number of primary amides is 1. The van der Waals surface area contributed by atoms with Crippen LogP contribution in [-0.2, 0) is 11.2 Å². The number of aromatic nitrogens is 1. The summed E-state index contributed by atoms with van der Waals surface area (Å²) in [6.45, 7) is 2.00. The minimum Gasteiger partial charge on any atom is -0.368 e. The van der Waals surface area contributed by atoms with E-state index in [1.54, 1.807) is 12.3 Å². The summed E-state index contributed by atoms with van der Waals surface area (Å²) in [4.78, 5) is 27.0. The molecule has 1 aliphatic carbocycles. The zero-order valence-electron chi connectivity index (χ0n) is 9.69. The van der Waals surface area contributed by atoms with Crippen molar-refractivity contribution in [2.24, 2.45) is 5.73 Å². The number of aryl methyl sites for hydroxylation is 1. The van der Waals surface area contributed by atoms with Crippen LogP contribution in [0.15, 0.2) is 18.3 Å². The van der Waals surface area contributed by atoms with Crippen molar-refractivity contribution in [2.45, 2.75) is 31.7 Å². The lowest BCUT2D eigenvalue weighted by atomic mass is 10.1. The SMILES string of the molecule is CCc1ccnc(C(=O)NC2(C(N)=O)CC2)c1. The van der Waals surface area contributed by atoms with Crippen LogP contribution in [0.4, 0.5) is 0 Å². The third kappa shape index (κ3) is 2.27. The number of carbonyl (C=O) groups is 2. The Morgan fingerprint density at radius 3 is 2.76 bits per heavy atom. The van der Waals surface area contributed by atoms with Gasteiger partial charge < -0.3 is 11.1 Å². The van der Waals surface area contributed by atoms with Gasteiger partial charge in [0.1, 0.15) is 11.2 Å². The molecule has 90 valence electrons. The summed E-state index contributed by atoms with van der Waals surface area (Å²) in [6.07, 6.45) is 3.66. The maximum Gasteiger partial charge on any atom is 0.270 e. The summed E-state index contributed by atoms with van der Waals surface area (Å²) < 4.78 is 0. The third-order valence-corrected chi connectivity index (χ3v) is 3.04. The first kappa shape index (κ1) is 11.6. The van der Waals surface area contributed by atoms with Gasteiger partial charge in [0.15, 0.2) is 0 Å². The van der Waals surface area contributed by atoms with E-state index in [2.05, 4.69) is 10.3 Å². The summed E-state index contributed by atoms with van der Waals surface area (Å²) in [7, 11) is 0. The number of hydrogen-bond acceptors (Lipinski definition) is 3. The minimum atomic E-state index is -0.832. The maximum atomic E-state index is 11.9. The molecule has 1 heterocycles. The smallest absolute Gasteiger partial charge is 0.270 e. The number of nitrogens with zero attached hydrogens (tertiary/aromatic N) is 1. The predicted octanol–water partition coefficient (Wildman–Crippen LogP) is 0.392. The van der Waals surface area contributed by atoms with Gasteiger partial charge in [0.05, 0.1) is 0 Å². The molecule has 0 aromatic carbocycles. The zero-order valence-corrected chi connectivity index (χ0v) is 9.69. The molecule has 1 fully saturated rings. The molecule has 5 nitrogen and oxygen atoms in total. The number of nitrogens with two attached hydrogens (primary N) is 1. The second-order valence-corrected chi connectivity index (χ2v) is 4.30. The number of nitrogens with one attached hydrogen (secondary N) is 1. The first-order chi connectivity index (χ1) is 8.07. The molecule has 0 aliphatic heterocycles. The van der Waals surface area contributed by atoms with Gasteiger partial charge in [-0.3, -0.25) is 14.6 Å². The van der Waals surface area contributed by atoms with Crippen LogP contribution in [0.1, 0.15) is 35.8 Å². The minimum absolute atomic E-state index is 0.330. The monoisotopic (exact) mass is 233 g/mol. The van der Waals surface area contributed by atoms with Crippen LogP contribution in [0.3, 0.4) is 0 Å². The fourth-order valence-corrected chi connectivity index (χ4v) is 1.66. The second kappa shape index (κ2) is 4.16. The molecular formula is C12H15N3O2. The van der Waals surface area contributed by atoms with Crippen molar-refractivity contribution in [3.05, 3.63) is 29.6 Å². The Morgan fingerprint density at radius 2 is 2.24 bits per heavy atom. The molecule has 0 atom stereocenters. The zero-order chi connectivity index (χ0) is 12.5. The molecule has 0 bridgehead atoms. The van der Waals surface area contributed by atoms with E-state index in [1.165, 1.54) is 0 Å². The molecule has 3 N–H and O–H groups in total. The largest absolute Gasteiger partial charge is 0.368 e. The molecular weight excluding hydrogens is 218 g/mol. The van der Waals surface area contributed by atoms with Gasteiger partial charge in [-0.05, 0) is 37.0 Å². The van der Waals surface area contributed by atoms with Crippen molar-refractivity contribution >= 4 is 11.8 Å². The molecule has 5 heteroatoms. The lowest BCUT2D eigenvalue weighted by Gasteiger charge is -2.13. The van der Waals surface area contributed by atoms with Crippen LogP contribution < -0.4 is 11.1 Å². The van der Waals surface area contributed by atoms with Gasteiger partial charge in [-0.1, -0.05) is 6.92 Å². The van der Waals surface area contributed by atoms with Crippen LogP contribution in [0, 0.1) is 0 Å². The van der Waals surface area contributed by atoms with Crippen LogP contribution >= 0.6 is 0 Å². The standard InChI is InChI=1S/C12H15N3O2/c1-2-8-3-6-14-9(7-8)10(16)15-12(4-5-12)11(13)17/h3,6-7H,2,4-5H2,1H3,(H2,13,17)(H,15,16). The van der Waals surface area contributed by atoms with Crippen molar-refractivity contribution in [3.8, 4) is 0 Å². The number of carbonyl (C=O) groups excluding carboxylic acids is 2. The van der Waals surface area contributed by atoms with Crippen molar-refractivity contribution < 1.29 is 9.59 Å². The lowest BCUT2D eigenvalue weighted by molar-refractivity contribution is -0.120. The fourth-order valence-electron chi connectivity index (χ4n) is 1.66. The van der Waals surface area contributed by atoms with Crippen LogP contribution in [0.2, 0.25) is 0 Å². The molecule has 0 radical (unpaired) electrons. The maximum absolute atomic E-state index is 11.9.